The van der Waals surface area contributed by atoms with Gasteiger partial charge in [0.2, 0.25) is 0 Å². The summed E-state index contributed by atoms with van der Waals surface area (Å²) in [5.74, 6) is -0.760. The van der Waals surface area contributed by atoms with Crippen molar-refractivity contribution in [3.63, 3.8) is 0 Å². The van der Waals surface area contributed by atoms with Gasteiger partial charge in [0, 0.05) is 18.4 Å². The number of halogens is 3. The van der Waals surface area contributed by atoms with Crippen LogP contribution in [-0.2, 0) is 11.2 Å². The average molecular weight is 345 g/mol. The van der Waals surface area contributed by atoms with Crippen LogP contribution in [0, 0.1) is 17.6 Å². The van der Waals surface area contributed by atoms with Crippen molar-refractivity contribution >= 4 is 21.7 Å². The van der Waals surface area contributed by atoms with Gasteiger partial charge in [0.25, 0.3) is 0 Å². The van der Waals surface area contributed by atoms with Gasteiger partial charge in [0.1, 0.15) is 17.4 Å². The van der Waals surface area contributed by atoms with E-state index in [1.807, 2.05) is 0 Å². The van der Waals surface area contributed by atoms with Crippen LogP contribution in [0.1, 0.15) is 50.5 Å². The fourth-order valence-electron chi connectivity index (χ4n) is 2.86. The third-order valence-electron chi connectivity index (χ3n) is 4.07. The standard InChI is InChI=1S/C16H19BrF2O/c17-14-8-9-15(18)13(16(14)19)10-12(20)7-6-11-4-2-1-3-5-11/h8-9,11H,1-7,10H2. The third-order valence-corrected chi connectivity index (χ3v) is 4.68. The van der Waals surface area contributed by atoms with Gasteiger partial charge in [-0.3, -0.25) is 4.79 Å². The molecule has 0 atom stereocenters. The molecule has 0 N–H and O–H groups in total. The Labute approximate surface area is 126 Å². The topological polar surface area (TPSA) is 17.1 Å². The van der Waals surface area contributed by atoms with Gasteiger partial charge in [-0.1, -0.05) is 32.1 Å². The Morgan fingerprint density at radius 2 is 1.90 bits per heavy atom. The lowest BCUT2D eigenvalue weighted by Gasteiger charge is -2.20. The highest BCUT2D eigenvalue weighted by Gasteiger charge is 2.18. The van der Waals surface area contributed by atoms with E-state index in [1.165, 1.54) is 44.2 Å². The molecule has 0 saturated heterocycles. The van der Waals surface area contributed by atoms with Gasteiger partial charge in [-0.25, -0.2) is 8.78 Å². The van der Waals surface area contributed by atoms with Crippen LogP contribution in [-0.4, -0.2) is 5.78 Å². The van der Waals surface area contributed by atoms with Crippen LogP contribution in [0.3, 0.4) is 0 Å². The zero-order chi connectivity index (χ0) is 14.5. The first kappa shape index (κ1) is 15.6. The van der Waals surface area contributed by atoms with Crippen LogP contribution in [0.5, 0.6) is 0 Å². The van der Waals surface area contributed by atoms with Gasteiger partial charge in [0.15, 0.2) is 0 Å². The second-order valence-electron chi connectivity index (χ2n) is 5.58. The number of carbonyl (C=O) groups excluding carboxylic acids is 1. The minimum absolute atomic E-state index is 0.0773. The molecule has 1 aliphatic rings. The number of ketones is 1. The maximum atomic E-state index is 13.8. The van der Waals surface area contributed by atoms with Crippen LogP contribution in [0.15, 0.2) is 16.6 Å². The maximum Gasteiger partial charge on any atom is 0.143 e. The summed E-state index contributed by atoms with van der Waals surface area (Å²) in [5, 5.41) is 0. The summed E-state index contributed by atoms with van der Waals surface area (Å²) < 4.78 is 27.6. The number of hydrogen-bond acceptors (Lipinski definition) is 1. The number of hydrogen-bond donors (Lipinski definition) is 0. The highest BCUT2D eigenvalue weighted by Crippen LogP contribution is 2.28. The smallest absolute Gasteiger partial charge is 0.143 e. The predicted molar refractivity (Wildman–Crippen MR) is 78.6 cm³/mol. The third kappa shape index (κ3) is 4.11. The molecule has 1 aromatic carbocycles. The van der Waals surface area contributed by atoms with E-state index < -0.39 is 11.6 Å². The van der Waals surface area contributed by atoms with Crippen molar-refractivity contribution < 1.29 is 13.6 Å². The van der Waals surface area contributed by atoms with E-state index in [4.69, 9.17) is 0 Å². The van der Waals surface area contributed by atoms with Crippen molar-refractivity contribution in [2.75, 3.05) is 0 Å². The van der Waals surface area contributed by atoms with E-state index in [-0.39, 0.29) is 22.2 Å². The minimum atomic E-state index is -0.656. The molecular formula is C16H19BrF2O. The van der Waals surface area contributed by atoms with E-state index in [1.54, 1.807) is 0 Å². The molecule has 1 nitrogen and oxygen atoms in total. The van der Waals surface area contributed by atoms with Crippen LogP contribution < -0.4 is 0 Å². The second kappa shape index (κ2) is 7.30. The lowest BCUT2D eigenvalue weighted by atomic mass is 9.85. The zero-order valence-corrected chi connectivity index (χ0v) is 13.0. The molecule has 1 aliphatic carbocycles. The highest BCUT2D eigenvalue weighted by atomic mass is 79.9. The first-order valence-corrected chi connectivity index (χ1v) is 8.01. The molecular weight excluding hydrogens is 326 g/mol. The average Bonchev–Trinajstić information content (AvgIpc) is 2.46. The van der Waals surface area contributed by atoms with Crippen molar-refractivity contribution in [3.05, 3.63) is 33.8 Å². The van der Waals surface area contributed by atoms with E-state index in [9.17, 15) is 13.6 Å². The SMILES string of the molecule is O=C(CCC1CCCCC1)Cc1c(F)ccc(Br)c1F. The molecule has 0 bridgehead atoms. The number of Topliss-reactive ketones (excluding diaryl/α,β-unsaturated/α-hetero) is 1. The highest BCUT2D eigenvalue weighted by molar-refractivity contribution is 9.10. The van der Waals surface area contributed by atoms with Crippen LogP contribution in [0.2, 0.25) is 0 Å². The molecule has 0 aromatic heterocycles. The van der Waals surface area contributed by atoms with E-state index in [0.717, 1.165) is 6.42 Å². The molecule has 1 saturated carbocycles. The van der Waals surface area contributed by atoms with Crippen LogP contribution in [0.4, 0.5) is 8.78 Å². The molecule has 0 unspecified atom stereocenters. The molecule has 0 radical (unpaired) electrons. The van der Waals surface area contributed by atoms with Crippen molar-refractivity contribution in [1.29, 1.82) is 0 Å². The number of rotatable bonds is 5. The monoisotopic (exact) mass is 344 g/mol. The molecule has 1 fully saturated rings. The fraction of sp³-hybridized carbons (Fsp3) is 0.562. The Morgan fingerprint density at radius 3 is 2.60 bits per heavy atom. The molecule has 0 aliphatic heterocycles. The van der Waals surface area contributed by atoms with Gasteiger partial charge in [-0.05, 0) is 40.4 Å². The van der Waals surface area contributed by atoms with Gasteiger partial charge < -0.3 is 0 Å². The second-order valence-corrected chi connectivity index (χ2v) is 6.43. The lowest BCUT2D eigenvalue weighted by Crippen LogP contribution is -2.11. The zero-order valence-electron chi connectivity index (χ0n) is 11.4. The normalized spacial score (nSPS) is 16.4. The van der Waals surface area contributed by atoms with Gasteiger partial charge in [-0.2, -0.15) is 0 Å². The molecule has 0 amide bonds. The van der Waals surface area contributed by atoms with Crippen molar-refractivity contribution in [2.45, 2.75) is 51.4 Å². The molecule has 0 heterocycles. The Kier molecular flexibility index (Phi) is 5.70. The summed E-state index contributed by atoms with van der Waals surface area (Å²) in [7, 11) is 0. The molecule has 20 heavy (non-hydrogen) atoms. The first-order valence-electron chi connectivity index (χ1n) is 7.22. The molecule has 0 spiro atoms. The summed E-state index contributed by atoms with van der Waals surface area (Å²) in [5.41, 5.74) is -0.118. The Morgan fingerprint density at radius 1 is 1.20 bits per heavy atom. The fourth-order valence-corrected chi connectivity index (χ4v) is 3.23. The summed E-state index contributed by atoms with van der Waals surface area (Å²) in [4.78, 5) is 11.9. The van der Waals surface area contributed by atoms with Gasteiger partial charge >= 0.3 is 0 Å². The molecule has 2 rings (SSSR count). The van der Waals surface area contributed by atoms with Crippen LogP contribution in [0.25, 0.3) is 0 Å². The summed E-state index contributed by atoms with van der Waals surface area (Å²) >= 11 is 3.02. The van der Waals surface area contributed by atoms with Gasteiger partial charge in [-0.15, -0.1) is 0 Å². The molecule has 4 heteroatoms. The van der Waals surface area contributed by atoms with Crippen LogP contribution >= 0.6 is 15.9 Å². The number of benzene rings is 1. The van der Waals surface area contributed by atoms with E-state index >= 15 is 0 Å². The Hall–Kier alpha value is -0.770. The minimum Gasteiger partial charge on any atom is -0.299 e. The van der Waals surface area contributed by atoms with Crippen molar-refractivity contribution in [2.24, 2.45) is 5.92 Å². The molecule has 1 aromatic rings. The van der Waals surface area contributed by atoms with Crippen molar-refractivity contribution in [1.82, 2.24) is 0 Å². The maximum absolute atomic E-state index is 13.8. The summed E-state index contributed by atoms with van der Waals surface area (Å²) in [6.07, 6.45) is 7.29. The van der Waals surface area contributed by atoms with Gasteiger partial charge in [0.05, 0.1) is 4.47 Å². The summed E-state index contributed by atoms with van der Waals surface area (Å²) in [6, 6.07) is 2.51. The first-order chi connectivity index (χ1) is 9.58. The summed E-state index contributed by atoms with van der Waals surface area (Å²) in [6.45, 7) is 0. The van der Waals surface area contributed by atoms with E-state index in [0.29, 0.717) is 12.3 Å². The lowest BCUT2D eigenvalue weighted by molar-refractivity contribution is -0.118. The Bertz CT molecular complexity index is 482. The van der Waals surface area contributed by atoms with E-state index in [2.05, 4.69) is 15.9 Å². The molecule has 110 valence electrons. The Balaban J connectivity index is 1.89. The predicted octanol–water partition coefficient (Wildman–Crippen LogP) is 5.20. The number of carbonyl (C=O) groups is 1. The largest absolute Gasteiger partial charge is 0.299 e. The van der Waals surface area contributed by atoms with Crippen molar-refractivity contribution in [3.8, 4) is 0 Å². The quantitative estimate of drug-likeness (QED) is 0.671.